The van der Waals surface area contributed by atoms with Gasteiger partial charge >= 0.3 is 6.23 Å². The number of aromatic nitrogens is 4. The lowest BCUT2D eigenvalue weighted by Gasteiger charge is -2.38. The Morgan fingerprint density at radius 1 is 1.14 bits per heavy atom. The largest absolute Gasteiger partial charge is 0.460 e. The van der Waals surface area contributed by atoms with E-state index in [1.54, 1.807) is 40.7 Å². The average Bonchev–Trinajstić information content (AvgIpc) is 3.66. The predicted molar refractivity (Wildman–Crippen MR) is 188 cm³/mol. The number of nitrogens with one attached hydrogen (secondary N) is 1. The van der Waals surface area contributed by atoms with Crippen molar-refractivity contribution in [2.45, 2.75) is 84.4 Å². The van der Waals surface area contributed by atoms with Crippen molar-refractivity contribution in [2.75, 3.05) is 29.9 Å². The number of anilines is 1. The number of sulfone groups is 1. The van der Waals surface area contributed by atoms with Gasteiger partial charge in [-0.15, -0.1) is 0 Å². The molecule has 0 spiro atoms. The number of amides is 1. The fourth-order valence-electron chi connectivity index (χ4n) is 5.53. The van der Waals surface area contributed by atoms with Crippen LogP contribution in [0, 0.1) is 6.57 Å². The van der Waals surface area contributed by atoms with Gasteiger partial charge in [-0.05, 0) is 58.9 Å². The van der Waals surface area contributed by atoms with Crippen molar-refractivity contribution in [1.82, 2.24) is 29.1 Å². The van der Waals surface area contributed by atoms with Gasteiger partial charge < -0.3 is 24.2 Å². The quantitative estimate of drug-likeness (QED) is 0.168. The first-order valence-electron chi connectivity index (χ1n) is 16.5. The third kappa shape index (κ3) is 8.51. The number of thiocarbonyl (C=S) groups is 1. The molecule has 3 unspecified atom stereocenters. The molecule has 0 saturated carbocycles. The molecule has 15 nitrogen and oxygen atoms in total. The molecule has 1 N–H and O–H groups in total. The standard InChI is InChI=1S/C31H41N8O7PS2/c1-19(2)39(20(3)4)47(45-22(6)32-7)46-25-21(5)43-30(26(25)44-31(48)37-13-15-49(41,42)16-14-37)38-18-35-24-27(33-17-34-28(24)38)36-29(40)23-11-9-8-10-12-23/h8-12,17-22,25-26,30H,13-16H2,1-6H3,(H,33,34,36,40)/t21-,22?,25?,26+,30-,47?/m1/s1/i5D. The van der Waals surface area contributed by atoms with Crippen molar-refractivity contribution in [2.24, 2.45) is 0 Å². The Hall–Kier alpha value is -3.36. The van der Waals surface area contributed by atoms with E-state index in [1.165, 1.54) is 12.7 Å². The Kier molecular flexibility index (Phi) is 11.3. The van der Waals surface area contributed by atoms with Crippen molar-refractivity contribution in [3.8, 4) is 0 Å². The molecule has 0 bridgehead atoms. The number of benzene rings is 1. The van der Waals surface area contributed by atoms with Crippen LogP contribution in [-0.4, -0.2) is 110 Å². The summed E-state index contributed by atoms with van der Waals surface area (Å²) in [5.41, 5.74) is 1.04. The van der Waals surface area contributed by atoms with Gasteiger partial charge in [0.15, 0.2) is 39.2 Å². The van der Waals surface area contributed by atoms with Gasteiger partial charge in [0.1, 0.15) is 12.4 Å². The average molecular weight is 734 g/mol. The summed E-state index contributed by atoms with van der Waals surface area (Å²) < 4.78 is 62.2. The molecule has 264 valence electrons. The first kappa shape index (κ1) is 35.5. The molecule has 0 radical (unpaired) electrons. The predicted octanol–water partition coefficient (Wildman–Crippen LogP) is 4.41. The van der Waals surface area contributed by atoms with Crippen LogP contribution in [0.3, 0.4) is 0 Å². The molecule has 2 aliphatic heterocycles. The van der Waals surface area contributed by atoms with Gasteiger partial charge in [-0.2, -0.15) is 0 Å². The monoisotopic (exact) mass is 733 g/mol. The van der Waals surface area contributed by atoms with E-state index in [9.17, 15) is 13.2 Å². The highest BCUT2D eigenvalue weighted by Gasteiger charge is 2.50. The molecule has 3 aromatic rings. The van der Waals surface area contributed by atoms with E-state index in [1.807, 2.05) is 38.4 Å². The summed E-state index contributed by atoms with van der Waals surface area (Å²) in [6.45, 7) is 17.3. The van der Waals surface area contributed by atoms with E-state index in [-0.39, 0.29) is 66.0 Å². The number of ether oxygens (including phenoxy) is 2. The Morgan fingerprint density at radius 2 is 1.84 bits per heavy atom. The summed E-state index contributed by atoms with van der Waals surface area (Å²) in [5, 5.41) is 2.85. The summed E-state index contributed by atoms with van der Waals surface area (Å²) in [6.07, 6.45) is -1.79. The highest BCUT2D eigenvalue weighted by atomic mass is 32.2. The Balaban J connectivity index is 1.52. The van der Waals surface area contributed by atoms with Gasteiger partial charge in [0, 0.05) is 39.0 Å². The Bertz CT molecular complexity index is 1790. The lowest BCUT2D eigenvalue weighted by atomic mass is 10.1. The first-order chi connectivity index (χ1) is 23.8. The van der Waals surface area contributed by atoms with E-state index in [4.69, 9.17) is 38.7 Å². The van der Waals surface area contributed by atoms with Crippen LogP contribution in [0.1, 0.15) is 59.5 Å². The van der Waals surface area contributed by atoms with E-state index in [2.05, 4.69) is 25.1 Å². The number of hydrogen-bond acceptors (Lipinski definition) is 12. The topological polar surface area (TPSA) is 155 Å². The molecule has 2 saturated heterocycles. The normalized spacial score (nSPS) is 23.7. The molecule has 2 aliphatic rings. The highest BCUT2D eigenvalue weighted by molar-refractivity contribution is 7.91. The fourth-order valence-corrected chi connectivity index (χ4v) is 8.82. The zero-order chi connectivity index (χ0) is 36.2. The van der Waals surface area contributed by atoms with Gasteiger partial charge in [-0.25, -0.2) is 39.1 Å². The summed E-state index contributed by atoms with van der Waals surface area (Å²) >= 11 is 5.72. The summed E-state index contributed by atoms with van der Waals surface area (Å²) in [5.74, 6) is -0.329. The molecule has 0 aliphatic carbocycles. The lowest BCUT2D eigenvalue weighted by Crippen LogP contribution is -2.47. The number of carbonyl (C=O) groups excluding carboxylic acids is 1. The third-order valence-corrected chi connectivity index (χ3v) is 12.1. The summed E-state index contributed by atoms with van der Waals surface area (Å²) in [4.78, 5) is 31.4. The highest BCUT2D eigenvalue weighted by Crippen LogP contribution is 2.51. The van der Waals surface area contributed by atoms with E-state index in [0.717, 1.165) is 0 Å². The molecule has 2 aromatic heterocycles. The van der Waals surface area contributed by atoms with Crippen molar-refractivity contribution < 1.29 is 33.1 Å². The van der Waals surface area contributed by atoms with E-state index < -0.39 is 49.1 Å². The third-order valence-electron chi connectivity index (χ3n) is 7.91. The number of rotatable bonds is 11. The number of hydrogen-bond donors (Lipinski definition) is 1. The van der Waals surface area contributed by atoms with Crippen LogP contribution in [0.25, 0.3) is 16.0 Å². The molecule has 2 fully saturated rings. The molecule has 5 rings (SSSR count). The van der Waals surface area contributed by atoms with Gasteiger partial charge in [0.25, 0.3) is 19.6 Å². The van der Waals surface area contributed by atoms with Crippen molar-refractivity contribution in [3.05, 3.63) is 60.0 Å². The molecule has 18 heteroatoms. The zero-order valence-electron chi connectivity index (χ0n) is 28.9. The van der Waals surface area contributed by atoms with Crippen LogP contribution < -0.4 is 5.32 Å². The molecular weight excluding hydrogens is 691 g/mol. The SMILES string of the molecule is [2H]C[C@H]1O[C@@H](n2cnc3c(NC(=O)c4ccccc4)ncnc32)[C@@H](OC(=S)N2CCS(=O)(=O)CC2)C1OP(OC(C)[N+]#[C-])N(C(C)C)C(C)C. The summed E-state index contributed by atoms with van der Waals surface area (Å²) in [6, 6.07) is 8.63. The minimum atomic E-state index is -3.19. The first-order valence-corrected chi connectivity index (χ1v) is 19.1. The smallest absolute Gasteiger partial charge is 0.330 e. The van der Waals surface area contributed by atoms with Crippen LogP contribution in [0.2, 0.25) is 0 Å². The fraction of sp³-hybridized carbons (Fsp3) is 0.548. The number of fused-ring (bicyclic) bond motifs is 1. The van der Waals surface area contributed by atoms with Crippen LogP contribution >= 0.6 is 20.7 Å². The zero-order valence-corrected chi connectivity index (χ0v) is 30.4. The molecule has 4 heterocycles. The molecule has 6 atom stereocenters. The summed E-state index contributed by atoms with van der Waals surface area (Å²) in [7, 11) is -5.07. The number of imidazole rings is 1. The second kappa shape index (κ2) is 15.7. The second-order valence-corrected chi connectivity index (χ2v) is 16.1. The number of carbonyl (C=O) groups is 1. The van der Waals surface area contributed by atoms with E-state index >= 15 is 0 Å². The Morgan fingerprint density at radius 3 is 2.47 bits per heavy atom. The molecule has 1 amide bonds. The maximum absolute atomic E-state index is 13.0. The van der Waals surface area contributed by atoms with Gasteiger partial charge in [0.2, 0.25) is 0 Å². The van der Waals surface area contributed by atoms with Crippen molar-refractivity contribution >= 4 is 58.6 Å². The van der Waals surface area contributed by atoms with E-state index in [0.29, 0.717) is 11.2 Å². The van der Waals surface area contributed by atoms with Crippen LogP contribution in [0.4, 0.5) is 5.82 Å². The molecule has 49 heavy (non-hydrogen) atoms. The van der Waals surface area contributed by atoms with Gasteiger partial charge in [-0.3, -0.25) is 14.2 Å². The lowest BCUT2D eigenvalue weighted by molar-refractivity contribution is -0.0285. The maximum Gasteiger partial charge on any atom is 0.330 e. The van der Waals surface area contributed by atoms with Crippen molar-refractivity contribution in [1.29, 1.82) is 0 Å². The minimum absolute atomic E-state index is 0.0267. The minimum Gasteiger partial charge on any atom is -0.460 e. The van der Waals surface area contributed by atoms with Crippen molar-refractivity contribution in [3.63, 3.8) is 0 Å². The molecule has 1 aromatic carbocycles. The van der Waals surface area contributed by atoms with Crippen LogP contribution in [0.5, 0.6) is 0 Å². The molecular formula is C31H41N8O7PS2. The van der Waals surface area contributed by atoms with Crippen LogP contribution in [0.15, 0.2) is 43.0 Å². The Labute approximate surface area is 294 Å². The maximum atomic E-state index is 13.0. The van der Waals surface area contributed by atoms with Crippen LogP contribution in [-0.2, 0) is 28.4 Å². The number of nitrogens with zero attached hydrogens (tertiary/aromatic N) is 7. The second-order valence-electron chi connectivity index (χ2n) is 12.1. The van der Waals surface area contributed by atoms with Gasteiger partial charge in [0.05, 0.1) is 23.9 Å². The van der Waals surface area contributed by atoms with Gasteiger partial charge in [-0.1, -0.05) is 18.2 Å².